The van der Waals surface area contributed by atoms with Crippen molar-refractivity contribution in [3.63, 3.8) is 0 Å². The average molecular weight is 232 g/mol. The van der Waals surface area contributed by atoms with Gasteiger partial charge in [-0.25, -0.2) is 0 Å². The quantitative estimate of drug-likeness (QED) is 0.813. The van der Waals surface area contributed by atoms with Gasteiger partial charge in [-0.2, -0.15) is 5.10 Å². The van der Waals surface area contributed by atoms with Gasteiger partial charge in [0, 0.05) is 24.0 Å². The zero-order valence-electron chi connectivity index (χ0n) is 9.80. The number of nitrogens with zero attached hydrogens (tertiary/aromatic N) is 3. The fraction of sp³-hybridized carbons (Fsp3) is 0.333. The van der Waals surface area contributed by atoms with E-state index < -0.39 is 0 Å². The van der Waals surface area contributed by atoms with Gasteiger partial charge < -0.3 is 10.4 Å². The van der Waals surface area contributed by atoms with Gasteiger partial charge in [0.1, 0.15) is 0 Å². The molecule has 0 saturated carbocycles. The first-order chi connectivity index (χ1) is 8.28. The molecule has 17 heavy (non-hydrogen) atoms. The highest BCUT2D eigenvalue weighted by Gasteiger charge is 1.98. The van der Waals surface area contributed by atoms with Crippen LogP contribution in [0.2, 0.25) is 0 Å². The number of aryl methyl sites for hydroxylation is 1. The first-order valence-electron chi connectivity index (χ1n) is 5.56. The van der Waals surface area contributed by atoms with Crippen LogP contribution in [0, 0.1) is 6.92 Å². The van der Waals surface area contributed by atoms with Crippen molar-refractivity contribution in [2.45, 2.75) is 20.0 Å². The number of hydrogen-bond acceptors (Lipinski definition) is 4. The van der Waals surface area contributed by atoms with E-state index in [2.05, 4.69) is 15.4 Å². The molecule has 0 spiro atoms. The fourth-order valence-corrected chi connectivity index (χ4v) is 1.50. The van der Waals surface area contributed by atoms with E-state index in [0.717, 1.165) is 16.9 Å². The highest BCUT2D eigenvalue weighted by atomic mass is 16.3. The Morgan fingerprint density at radius 3 is 2.94 bits per heavy atom. The number of aliphatic hydroxyl groups is 1. The molecule has 2 aromatic heterocycles. The van der Waals surface area contributed by atoms with E-state index >= 15 is 0 Å². The van der Waals surface area contributed by atoms with Crippen molar-refractivity contribution in [2.75, 3.05) is 11.9 Å². The summed E-state index contributed by atoms with van der Waals surface area (Å²) in [6.07, 6.45) is 5.53. The van der Waals surface area contributed by atoms with Crippen LogP contribution in [0.25, 0.3) is 0 Å². The predicted octanol–water partition coefficient (Wildman–Crippen LogP) is 1.19. The molecule has 0 bridgehead atoms. The number of anilines is 1. The Labute approximate surface area is 100 Å². The maximum atomic E-state index is 8.78. The molecule has 0 unspecified atom stereocenters. The molecule has 0 fully saturated rings. The Morgan fingerprint density at radius 2 is 2.24 bits per heavy atom. The zero-order valence-corrected chi connectivity index (χ0v) is 9.80. The third kappa shape index (κ3) is 3.29. The monoisotopic (exact) mass is 232 g/mol. The minimum Gasteiger partial charge on any atom is -0.394 e. The first-order valence-corrected chi connectivity index (χ1v) is 5.56. The number of aliphatic hydroxyl groups excluding tert-OH is 1. The smallest absolute Gasteiger partial charge is 0.0640 e. The van der Waals surface area contributed by atoms with Crippen LogP contribution in [-0.2, 0) is 13.1 Å². The summed E-state index contributed by atoms with van der Waals surface area (Å²) in [5.41, 5.74) is 3.08. The molecule has 5 heteroatoms. The Kier molecular flexibility index (Phi) is 3.72. The van der Waals surface area contributed by atoms with Crippen LogP contribution in [0.15, 0.2) is 30.7 Å². The molecule has 0 aliphatic heterocycles. The highest BCUT2D eigenvalue weighted by Crippen LogP contribution is 2.07. The summed E-state index contributed by atoms with van der Waals surface area (Å²) in [5.74, 6) is 0. The maximum absolute atomic E-state index is 8.78. The van der Waals surface area contributed by atoms with E-state index in [1.165, 1.54) is 0 Å². The summed E-state index contributed by atoms with van der Waals surface area (Å²) in [7, 11) is 0. The van der Waals surface area contributed by atoms with Crippen LogP contribution < -0.4 is 5.32 Å². The largest absolute Gasteiger partial charge is 0.394 e. The Hall–Kier alpha value is -1.88. The van der Waals surface area contributed by atoms with Crippen molar-refractivity contribution < 1.29 is 5.11 Å². The second kappa shape index (κ2) is 5.45. The molecule has 2 N–H and O–H groups in total. The van der Waals surface area contributed by atoms with Gasteiger partial charge in [0.05, 0.1) is 31.2 Å². The first kappa shape index (κ1) is 11.6. The Balaban J connectivity index is 1.90. The van der Waals surface area contributed by atoms with Gasteiger partial charge in [-0.05, 0) is 19.1 Å². The molecule has 5 nitrogen and oxygen atoms in total. The summed E-state index contributed by atoms with van der Waals surface area (Å²) in [6, 6.07) is 3.97. The average Bonchev–Trinajstić information content (AvgIpc) is 2.77. The van der Waals surface area contributed by atoms with Crippen molar-refractivity contribution in [2.24, 2.45) is 0 Å². The molecule has 0 aliphatic rings. The summed E-state index contributed by atoms with van der Waals surface area (Å²) in [5, 5.41) is 16.2. The summed E-state index contributed by atoms with van der Waals surface area (Å²) < 4.78 is 1.73. The lowest BCUT2D eigenvalue weighted by atomic mass is 10.3. The van der Waals surface area contributed by atoms with Crippen LogP contribution >= 0.6 is 0 Å². The SMILES string of the molecule is Cc1ccc(NCc2cnn(CCO)c2)cn1. The molecule has 0 aliphatic carbocycles. The topological polar surface area (TPSA) is 63.0 Å². The number of pyridine rings is 1. The van der Waals surface area contributed by atoms with Gasteiger partial charge in [0.2, 0.25) is 0 Å². The molecule has 0 saturated heterocycles. The van der Waals surface area contributed by atoms with Gasteiger partial charge in [-0.3, -0.25) is 9.67 Å². The third-order valence-corrected chi connectivity index (χ3v) is 2.42. The number of nitrogens with one attached hydrogen (secondary N) is 1. The minimum absolute atomic E-state index is 0.108. The summed E-state index contributed by atoms with van der Waals surface area (Å²) >= 11 is 0. The standard InChI is InChI=1S/C12H16N4O/c1-10-2-3-12(8-13-10)14-6-11-7-15-16(9-11)4-5-17/h2-3,7-9,14,17H,4-6H2,1H3. The van der Waals surface area contributed by atoms with Gasteiger partial charge in [0.25, 0.3) is 0 Å². The third-order valence-electron chi connectivity index (χ3n) is 2.42. The molecule has 2 rings (SSSR count). The fourth-order valence-electron chi connectivity index (χ4n) is 1.50. The lowest BCUT2D eigenvalue weighted by Gasteiger charge is -2.04. The van der Waals surface area contributed by atoms with Crippen LogP contribution in [0.1, 0.15) is 11.3 Å². The number of rotatable bonds is 5. The summed E-state index contributed by atoms with van der Waals surface area (Å²) in [4.78, 5) is 4.21. The van der Waals surface area contributed by atoms with Gasteiger partial charge in [-0.1, -0.05) is 0 Å². The molecule has 0 radical (unpaired) electrons. The van der Waals surface area contributed by atoms with E-state index in [0.29, 0.717) is 13.1 Å². The molecular weight excluding hydrogens is 216 g/mol. The molecular formula is C12H16N4O. The van der Waals surface area contributed by atoms with Crippen molar-refractivity contribution >= 4 is 5.69 Å². The molecule has 0 amide bonds. The summed E-state index contributed by atoms with van der Waals surface area (Å²) in [6.45, 7) is 3.31. The van der Waals surface area contributed by atoms with Crippen molar-refractivity contribution in [3.8, 4) is 0 Å². The van der Waals surface area contributed by atoms with Crippen molar-refractivity contribution in [3.05, 3.63) is 42.0 Å². The molecule has 0 aromatic carbocycles. The second-order valence-electron chi connectivity index (χ2n) is 3.88. The molecule has 0 atom stereocenters. The van der Waals surface area contributed by atoms with Gasteiger partial charge >= 0.3 is 0 Å². The Bertz CT molecular complexity index is 464. The van der Waals surface area contributed by atoms with Gasteiger partial charge in [0.15, 0.2) is 0 Å². The number of aromatic nitrogens is 3. The maximum Gasteiger partial charge on any atom is 0.0640 e. The van der Waals surface area contributed by atoms with E-state index in [4.69, 9.17) is 5.11 Å². The van der Waals surface area contributed by atoms with Gasteiger partial charge in [-0.15, -0.1) is 0 Å². The predicted molar refractivity (Wildman–Crippen MR) is 65.6 cm³/mol. The lowest BCUT2D eigenvalue weighted by Crippen LogP contribution is -2.02. The second-order valence-corrected chi connectivity index (χ2v) is 3.88. The van der Waals surface area contributed by atoms with E-state index in [1.54, 1.807) is 10.9 Å². The van der Waals surface area contributed by atoms with E-state index in [-0.39, 0.29) is 6.61 Å². The zero-order chi connectivity index (χ0) is 12.1. The van der Waals surface area contributed by atoms with E-state index in [1.807, 2.05) is 31.5 Å². The molecule has 2 heterocycles. The van der Waals surface area contributed by atoms with Crippen LogP contribution in [0.5, 0.6) is 0 Å². The highest BCUT2D eigenvalue weighted by molar-refractivity contribution is 5.41. The number of hydrogen-bond donors (Lipinski definition) is 2. The van der Waals surface area contributed by atoms with E-state index in [9.17, 15) is 0 Å². The lowest BCUT2D eigenvalue weighted by molar-refractivity contribution is 0.269. The van der Waals surface area contributed by atoms with Crippen molar-refractivity contribution in [1.29, 1.82) is 0 Å². The molecule has 90 valence electrons. The minimum atomic E-state index is 0.108. The normalized spacial score (nSPS) is 10.5. The van der Waals surface area contributed by atoms with Crippen LogP contribution in [0.4, 0.5) is 5.69 Å². The Morgan fingerprint density at radius 1 is 1.35 bits per heavy atom. The van der Waals surface area contributed by atoms with Crippen LogP contribution in [-0.4, -0.2) is 26.5 Å². The van der Waals surface area contributed by atoms with Crippen molar-refractivity contribution in [1.82, 2.24) is 14.8 Å². The molecule has 2 aromatic rings. The van der Waals surface area contributed by atoms with Crippen LogP contribution in [0.3, 0.4) is 0 Å².